The number of benzene rings is 1. The number of hydrogen-bond donors (Lipinski definition) is 2. The van der Waals surface area contributed by atoms with Gasteiger partial charge in [-0.15, -0.1) is 10.2 Å². The van der Waals surface area contributed by atoms with E-state index in [0.29, 0.717) is 33.7 Å². The van der Waals surface area contributed by atoms with E-state index in [0.717, 1.165) is 15.7 Å². The highest BCUT2D eigenvalue weighted by Crippen LogP contribution is 2.33. The fourth-order valence-corrected chi connectivity index (χ4v) is 3.76. The number of nitrogens with one attached hydrogen (secondary N) is 1. The molecule has 0 saturated heterocycles. The van der Waals surface area contributed by atoms with Crippen molar-refractivity contribution in [2.45, 2.75) is 24.1 Å². The molecule has 2 rings (SSSR count). The molecule has 1 aromatic heterocycles. The summed E-state index contributed by atoms with van der Waals surface area (Å²) >= 11 is 15.1. The SMILES string of the molecule is Cc1ccc(Cl)c(NC(=O)CCCSc2nnc(N)s2)c1Cl. The Morgan fingerprint density at radius 3 is 2.86 bits per heavy atom. The number of anilines is 2. The number of amides is 1. The number of carbonyl (C=O) groups is 1. The Morgan fingerprint density at radius 2 is 2.18 bits per heavy atom. The van der Waals surface area contributed by atoms with Gasteiger partial charge in [0.05, 0.1) is 15.7 Å². The fourth-order valence-electron chi connectivity index (χ4n) is 1.64. The van der Waals surface area contributed by atoms with Crippen LogP contribution in [0.2, 0.25) is 10.0 Å². The summed E-state index contributed by atoms with van der Waals surface area (Å²) in [5, 5.41) is 11.8. The predicted molar refractivity (Wildman–Crippen MR) is 94.1 cm³/mol. The second kappa shape index (κ2) is 8.01. The molecule has 2 aromatic rings. The summed E-state index contributed by atoms with van der Waals surface area (Å²) in [6.45, 7) is 1.86. The maximum absolute atomic E-state index is 12.0. The fraction of sp³-hybridized carbons (Fsp3) is 0.308. The second-order valence-electron chi connectivity index (χ2n) is 4.46. The molecule has 0 saturated carbocycles. The zero-order valence-electron chi connectivity index (χ0n) is 11.7. The van der Waals surface area contributed by atoms with Gasteiger partial charge >= 0.3 is 0 Å². The largest absolute Gasteiger partial charge is 0.374 e. The molecular formula is C13H14Cl2N4OS2. The summed E-state index contributed by atoms with van der Waals surface area (Å²) in [6.07, 6.45) is 1.08. The van der Waals surface area contributed by atoms with Crippen LogP contribution in [-0.4, -0.2) is 21.9 Å². The quantitative estimate of drug-likeness (QED) is 0.581. The van der Waals surface area contributed by atoms with Crippen molar-refractivity contribution in [3.05, 3.63) is 27.7 Å². The molecule has 5 nitrogen and oxygen atoms in total. The first-order valence-corrected chi connectivity index (χ1v) is 8.99. The number of carbonyl (C=O) groups excluding carboxylic acids is 1. The summed E-state index contributed by atoms with van der Waals surface area (Å²) in [6, 6.07) is 3.53. The van der Waals surface area contributed by atoms with Gasteiger partial charge in [-0.3, -0.25) is 4.79 Å². The monoisotopic (exact) mass is 376 g/mol. The topological polar surface area (TPSA) is 80.9 Å². The van der Waals surface area contributed by atoms with Crippen LogP contribution in [0.4, 0.5) is 10.8 Å². The lowest BCUT2D eigenvalue weighted by Gasteiger charge is -2.10. The lowest BCUT2D eigenvalue weighted by molar-refractivity contribution is -0.116. The van der Waals surface area contributed by atoms with Crippen LogP contribution >= 0.6 is 46.3 Å². The molecule has 0 unspecified atom stereocenters. The Labute approximate surface area is 146 Å². The molecule has 1 aromatic carbocycles. The van der Waals surface area contributed by atoms with Gasteiger partial charge in [0.15, 0.2) is 4.34 Å². The first-order valence-electron chi connectivity index (χ1n) is 6.43. The third-order valence-electron chi connectivity index (χ3n) is 2.74. The maximum atomic E-state index is 12.0. The number of aromatic nitrogens is 2. The molecule has 9 heteroatoms. The number of nitrogens with zero attached hydrogens (tertiary/aromatic N) is 2. The van der Waals surface area contributed by atoms with Gasteiger partial charge in [-0.25, -0.2) is 0 Å². The highest BCUT2D eigenvalue weighted by Gasteiger charge is 2.12. The van der Waals surface area contributed by atoms with Gasteiger partial charge in [0, 0.05) is 12.2 Å². The molecule has 0 aliphatic rings. The van der Waals surface area contributed by atoms with Gasteiger partial charge in [0.25, 0.3) is 0 Å². The van der Waals surface area contributed by atoms with Crippen LogP contribution in [0.5, 0.6) is 0 Å². The van der Waals surface area contributed by atoms with Crippen LogP contribution in [0.3, 0.4) is 0 Å². The van der Waals surface area contributed by atoms with Crippen molar-refractivity contribution < 1.29 is 4.79 Å². The van der Waals surface area contributed by atoms with Gasteiger partial charge < -0.3 is 11.1 Å². The molecule has 1 heterocycles. The second-order valence-corrected chi connectivity index (χ2v) is 7.60. The molecule has 0 spiro atoms. The van der Waals surface area contributed by atoms with E-state index in [9.17, 15) is 4.79 Å². The zero-order chi connectivity index (χ0) is 16.1. The Balaban J connectivity index is 1.80. The summed E-state index contributed by atoms with van der Waals surface area (Å²) < 4.78 is 0.808. The Morgan fingerprint density at radius 1 is 1.41 bits per heavy atom. The maximum Gasteiger partial charge on any atom is 0.224 e. The van der Waals surface area contributed by atoms with Gasteiger partial charge in [-0.1, -0.05) is 52.4 Å². The number of nitrogens with two attached hydrogens (primary N) is 1. The Kier molecular flexibility index (Phi) is 6.31. The zero-order valence-corrected chi connectivity index (χ0v) is 14.9. The molecule has 3 N–H and O–H groups in total. The first kappa shape index (κ1) is 17.3. The number of rotatable bonds is 6. The van der Waals surface area contributed by atoms with Crippen LogP contribution in [0.15, 0.2) is 16.5 Å². The van der Waals surface area contributed by atoms with Gasteiger partial charge in [0.1, 0.15) is 0 Å². The average molecular weight is 377 g/mol. The molecule has 0 fully saturated rings. The van der Waals surface area contributed by atoms with Crippen molar-refractivity contribution in [1.29, 1.82) is 0 Å². The normalized spacial score (nSPS) is 10.7. The molecule has 0 atom stereocenters. The average Bonchev–Trinajstić information content (AvgIpc) is 2.89. The third kappa shape index (κ3) is 4.74. The molecule has 0 aliphatic heterocycles. The smallest absolute Gasteiger partial charge is 0.224 e. The lowest BCUT2D eigenvalue weighted by atomic mass is 10.2. The minimum Gasteiger partial charge on any atom is -0.374 e. The Bertz CT molecular complexity index is 678. The van der Waals surface area contributed by atoms with E-state index < -0.39 is 0 Å². The van der Waals surface area contributed by atoms with Crippen LogP contribution in [-0.2, 0) is 4.79 Å². The molecule has 0 aliphatic carbocycles. The van der Waals surface area contributed by atoms with Crippen molar-refractivity contribution in [3.63, 3.8) is 0 Å². The van der Waals surface area contributed by atoms with Gasteiger partial charge in [-0.05, 0) is 25.0 Å². The third-order valence-corrected chi connectivity index (χ3v) is 5.52. The van der Waals surface area contributed by atoms with Crippen LogP contribution in [0, 0.1) is 6.92 Å². The van der Waals surface area contributed by atoms with E-state index in [4.69, 9.17) is 28.9 Å². The minimum atomic E-state index is -0.119. The van der Waals surface area contributed by atoms with E-state index in [2.05, 4.69) is 15.5 Å². The molecule has 1 amide bonds. The summed E-state index contributed by atoms with van der Waals surface area (Å²) in [5.74, 6) is 0.643. The summed E-state index contributed by atoms with van der Waals surface area (Å²) in [4.78, 5) is 12.0. The number of hydrogen-bond acceptors (Lipinski definition) is 6. The number of aryl methyl sites for hydroxylation is 1. The van der Waals surface area contributed by atoms with Crippen LogP contribution in [0.1, 0.15) is 18.4 Å². The predicted octanol–water partition coefficient (Wildman–Crippen LogP) is 4.25. The summed E-state index contributed by atoms with van der Waals surface area (Å²) in [7, 11) is 0. The molecule has 22 heavy (non-hydrogen) atoms. The van der Waals surface area contributed by atoms with Crippen LogP contribution in [0.25, 0.3) is 0 Å². The van der Waals surface area contributed by atoms with Crippen molar-refractivity contribution in [3.8, 4) is 0 Å². The minimum absolute atomic E-state index is 0.119. The highest BCUT2D eigenvalue weighted by atomic mass is 35.5. The van der Waals surface area contributed by atoms with E-state index in [-0.39, 0.29) is 5.91 Å². The van der Waals surface area contributed by atoms with Crippen LogP contribution < -0.4 is 11.1 Å². The van der Waals surface area contributed by atoms with Crippen molar-refractivity contribution >= 4 is 63.0 Å². The van der Waals surface area contributed by atoms with Crippen molar-refractivity contribution in [2.24, 2.45) is 0 Å². The van der Waals surface area contributed by atoms with Gasteiger partial charge in [-0.2, -0.15) is 0 Å². The van der Waals surface area contributed by atoms with Gasteiger partial charge in [0.2, 0.25) is 11.0 Å². The van der Waals surface area contributed by atoms with Crippen molar-refractivity contribution in [2.75, 3.05) is 16.8 Å². The summed E-state index contributed by atoms with van der Waals surface area (Å²) in [5.41, 5.74) is 6.84. The standard InChI is InChI=1S/C13H14Cl2N4OS2/c1-7-4-5-8(14)11(10(7)15)17-9(20)3-2-6-21-13-19-18-12(16)22-13/h4-5H,2-3,6H2,1H3,(H2,16,18)(H,17,20). The molecule has 0 bridgehead atoms. The number of nitrogen functional groups attached to an aromatic ring is 1. The number of halogens is 2. The van der Waals surface area contributed by atoms with E-state index >= 15 is 0 Å². The van der Waals surface area contributed by atoms with E-state index in [1.807, 2.05) is 13.0 Å². The van der Waals surface area contributed by atoms with E-state index in [1.54, 1.807) is 6.07 Å². The number of thioether (sulfide) groups is 1. The van der Waals surface area contributed by atoms with E-state index in [1.165, 1.54) is 23.1 Å². The molecule has 118 valence electrons. The lowest BCUT2D eigenvalue weighted by Crippen LogP contribution is -2.12. The Hall–Kier alpha value is -1.02. The highest BCUT2D eigenvalue weighted by molar-refractivity contribution is 8.01. The first-order chi connectivity index (χ1) is 10.5. The van der Waals surface area contributed by atoms with Crippen molar-refractivity contribution in [1.82, 2.24) is 10.2 Å². The molecule has 0 radical (unpaired) electrons. The molecular weight excluding hydrogens is 363 g/mol.